The third-order valence-corrected chi connectivity index (χ3v) is 6.57. The highest BCUT2D eigenvalue weighted by Crippen LogP contribution is 2.45. The maximum atomic E-state index is 6.78. The Hall–Kier alpha value is -2.00. The van der Waals surface area contributed by atoms with E-state index in [1.807, 2.05) is 6.07 Å². The average molecular weight is 380 g/mol. The molecule has 1 aliphatic carbocycles. The van der Waals surface area contributed by atoms with E-state index < -0.39 is 0 Å². The van der Waals surface area contributed by atoms with Crippen LogP contribution >= 0.6 is 11.6 Å². The summed E-state index contributed by atoms with van der Waals surface area (Å²) in [6.07, 6.45) is 6.75. The number of fused-ring (bicyclic) bond motifs is 2. The lowest BCUT2D eigenvalue weighted by molar-refractivity contribution is 0.344. The largest absolute Gasteiger partial charge is 0.329 e. The zero-order chi connectivity index (χ0) is 18.2. The number of nitrogens with zero attached hydrogens (tertiary/aromatic N) is 3. The predicted octanol–water partition coefficient (Wildman–Crippen LogP) is 5.50. The van der Waals surface area contributed by atoms with E-state index in [1.165, 1.54) is 48.9 Å². The maximum absolute atomic E-state index is 6.78. The molecule has 0 N–H and O–H groups in total. The summed E-state index contributed by atoms with van der Waals surface area (Å²) in [5.74, 6) is 1.86. The minimum absolute atomic E-state index is 0.198. The van der Waals surface area contributed by atoms with E-state index in [0.717, 1.165) is 36.5 Å². The van der Waals surface area contributed by atoms with E-state index >= 15 is 0 Å². The minimum Gasteiger partial charge on any atom is -0.329 e. The summed E-state index contributed by atoms with van der Waals surface area (Å²) in [6.45, 7) is 2.88. The molecule has 0 saturated heterocycles. The third kappa shape index (κ3) is 3.02. The first-order chi connectivity index (χ1) is 13.3. The van der Waals surface area contributed by atoms with E-state index in [2.05, 4.69) is 52.3 Å². The van der Waals surface area contributed by atoms with Gasteiger partial charge in [-0.2, -0.15) is 0 Å². The predicted molar refractivity (Wildman–Crippen MR) is 113 cm³/mol. The van der Waals surface area contributed by atoms with E-state index in [1.54, 1.807) is 0 Å². The van der Waals surface area contributed by atoms with Crippen molar-refractivity contribution < 1.29 is 0 Å². The van der Waals surface area contributed by atoms with Gasteiger partial charge in [0.1, 0.15) is 0 Å². The van der Waals surface area contributed by atoms with Crippen molar-refractivity contribution in [3.63, 3.8) is 0 Å². The first-order valence-corrected chi connectivity index (χ1v) is 10.6. The quantitative estimate of drug-likeness (QED) is 0.701. The van der Waals surface area contributed by atoms with Gasteiger partial charge >= 0.3 is 0 Å². The fourth-order valence-corrected chi connectivity index (χ4v) is 5.32. The van der Waals surface area contributed by atoms with Gasteiger partial charge in [0.05, 0.1) is 23.3 Å². The van der Waals surface area contributed by atoms with Crippen LogP contribution in [0.2, 0.25) is 5.02 Å². The zero-order valence-corrected chi connectivity index (χ0v) is 16.4. The average Bonchev–Trinajstić information content (AvgIpc) is 3.19. The van der Waals surface area contributed by atoms with Crippen LogP contribution < -0.4 is 4.90 Å². The minimum atomic E-state index is 0.198. The number of aliphatic imine (C=N–C) groups is 1. The van der Waals surface area contributed by atoms with Crippen LogP contribution in [0.4, 0.5) is 5.69 Å². The van der Waals surface area contributed by atoms with Crippen LogP contribution in [0.15, 0.2) is 53.5 Å². The number of hydrogen-bond acceptors (Lipinski definition) is 3. The monoisotopic (exact) mass is 379 g/mol. The van der Waals surface area contributed by atoms with Crippen LogP contribution in [0, 0.1) is 5.92 Å². The van der Waals surface area contributed by atoms with E-state index in [4.69, 9.17) is 16.6 Å². The van der Waals surface area contributed by atoms with Gasteiger partial charge in [-0.15, -0.1) is 0 Å². The summed E-state index contributed by atoms with van der Waals surface area (Å²) in [4.78, 5) is 9.84. The molecule has 3 aliphatic rings. The molecule has 1 unspecified atom stereocenters. The van der Waals surface area contributed by atoms with Crippen molar-refractivity contribution in [1.82, 2.24) is 4.90 Å². The Morgan fingerprint density at radius 2 is 1.78 bits per heavy atom. The lowest BCUT2D eigenvalue weighted by Gasteiger charge is -2.45. The first kappa shape index (κ1) is 17.1. The molecular formula is C23H26ClN3. The number of anilines is 1. The van der Waals surface area contributed by atoms with Gasteiger partial charge in [0.2, 0.25) is 5.96 Å². The number of halogens is 1. The lowest BCUT2D eigenvalue weighted by Crippen LogP contribution is -2.50. The smallest absolute Gasteiger partial charge is 0.202 e. The molecule has 5 rings (SSSR count). The second-order valence-electron chi connectivity index (χ2n) is 7.98. The van der Waals surface area contributed by atoms with Crippen molar-refractivity contribution >= 4 is 23.2 Å². The van der Waals surface area contributed by atoms with Crippen LogP contribution in [-0.2, 0) is 0 Å². The molecule has 2 heterocycles. The number of hydrogen-bond donors (Lipinski definition) is 0. The Bertz CT molecular complexity index is 842. The molecule has 0 radical (unpaired) electrons. The van der Waals surface area contributed by atoms with Crippen LogP contribution in [0.25, 0.3) is 0 Å². The summed E-state index contributed by atoms with van der Waals surface area (Å²) >= 11 is 6.78. The van der Waals surface area contributed by atoms with Gasteiger partial charge in [-0.05, 0) is 30.4 Å². The maximum Gasteiger partial charge on any atom is 0.202 e. The fraction of sp³-hybridized carbons (Fsp3) is 0.435. The van der Waals surface area contributed by atoms with E-state index in [-0.39, 0.29) is 6.04 Å². The van der Waals surface area contributed by atoms with Crippen molar-refractivity contribution in [2.24, 2.45) is 10.9 Å². The van der Waals surface area contributed by atoms with Crippen molar-refractivity contribution in [3.8, 4) is 0 Å². The third-order valence-electron chi connectivity index (χ3n) is 6.27. The van der Waals surface area contributed by atoms with Gasteiger partial charge in [-0.1, -0.05) is 73.3 Å². The van der Waals surface area contributed by atoms with Gasteiger partial charge in [-0.3, -0.25) is 4.99 Å². The van der Waals surface area contributed by atoms with E-state index in [9.17, 15) is 0 Å². The van der Waals surface area contributed by atoms with Gasteiger partial charge in [-0.25, -0.2) is 0 Å². The SMILES string of the molecule is Clc1cccc2c1N(CC1CCCCC1)C1=NCCN1C2c1ccccc1. The molecule has 140 valence electrons. The molecule has 3 nitrogen and oxygen atoms in total. The van der Waals surface area contributed by atoms with Crippen molar-refractivity contribution in [1.29, 1.82) is 0 Å². The molecule has 1 saturated carbocycles. The fourth-order valence-electron chi connectivity index (χ4n) is 5.03. The van der Waals surface area contributed by atoms with Crippen molar-refractivity contribution in [3.05, 3.63) is 64.7 Å². The highest BCUT2D eigenvalue weighted by atomic mass is 35.5. The number of para-hydroxylation sites is 1. The van der Waals surface area contributed by atoms with Crippen LogP contribution in [0.3, 0.4) is 0 Å². The lowest BCUT2D eigenvalue weighted by atomic mass is 9.87. The summed E-state index contributed by atoms with van der Waals surface area (Å²) in [5.41, 5.74) is 3.80. The summed E-state index contributed by atoms with van der Waals surface area (Å²) in [7, 11) is 0. The Morgan fingerprint density at radius 1 is 0.963 bits per heavy atom. The Labute approximate surface area is 166 Å². The molecule has 27 heavy (non-hydrogen) atoms. The Kier molecular flexibility index (Phi) is 4.56. The topological polar surface area (TPSA) is 18.8 Å². The van der Waals surface area contributed by atoms with Gasteiger partial charge in [0.25, 0.3) is 0 Å². The number of rotatable bonds is 3. The van der Waals surface area contributed by atoms with Gasteiger partial charge in [0.15, 0.2) is 0 Å². The molecule has 2 aromatic carbocycles. The Morgan fingerprint density at radius 3 is 2.59 bits per heavy atom. The molecule has 2 aliphatic heterocycles. The molecule has 0 bridgehead atoms. The number of benzene rings is 2. The summed E-state index contributed by atoms with van der Waals surface area (Å²) in [6, 6.07) is 17.4. The molecule has 2 aromatic rings. The summed E-state index contributed by atoms with van der Waals surface area (Å²) < 4.78 is 0. The standard InChI is InChI=1S/C23H26ClN3/c24-20-13-7-12-19-21(18-10-5-2-6-11-18)26-15-14-25-23(26)27(22(19)20)16-17-8-3-1-4-9-17/h2,5-7,10-13,17,21H,1,3-4,8-9,14-16H2. The second kappa shape index (κ2) is 7.20. The van der Waals surface area contributed by atoms with Crippen molar-refractivity contribution in [2.75, 3.05) is 24.5 Å². The molecule has 1 fully saturated rings. The van der Waals surface area contributed by atoms with E-state index in [0.29, 0.717) is 0 Å². The van der Waals surface area contributed by atoms with Crippen molar-refractivity contribution in [2.45, 2.75) is 38.1 Å². The van der Waals surface area contributed by atoms with Gasteiger partial charge < -0.3 is 9.80 Å². The molecule has 1 atom stereocenters. The number of guanidine groups is 1. The first-order valence-electron chi connectivity index (χ1n) is 10.2. The highest BCUT2D eigenvalue weighted by molar-refractivity contribution is 6.34. The second-order valence-corrected chi connectivity index (χ2v) is 8.39. The Balaban J connectivity index is 1.60. The molecule has 0 aromatic heterocycles. The van der Waals surface area contributed by atoms with Crippen LogP contribution in [0.1, 0.15) is 49.3 Å². The molecule has 0 amide bonds. The normalized spacial score (nSPS) is 22.4. The van der Waals surface area contributed by atoms with Crippen LogP contribution in [-0.4, -0.2) is 30.5 Å². The van der Waals surface area contributed by atoms with Gasteiger partial charge in [0, 0.05) is 18.7 Å². The highest BCUT2D eigenvalue weighted by Gasteiger charge is 2.40. The summed E-state index contributed by atoms with van der Waals surface area (Å²) in [5, 5.41) is 0.846. The molecule has 0 spiro atoms. The zero-order valence-electron chi connectivity index (χ0n) is 15.6. The molecular weight excluding hydrogens is 354 g/mol. The van der Waals surface area contributed by atoms with Crippen LogP contribution in [0.5, 0.6) is 0 Å². The molecule has 4 heteroatoms.